The molecule has 6 N–H and O–H groups in total. The fourth-order valence-electron chi connectivity index (χ4n) is 3.66. The molecule has 0 spiro atoms. The summed E-state index contributed by atoms with van der Waals surface area (Å²) in [6.45, 7) is -0.619. The zero-order valence-corrected chi connectivity index (χ0v) is 16.2. The third-order valence-corrected chi connectivity index (χ3v) is 5.34. The first-order valence-electron chi connectivity index (χ1n) is 9.61. The molecule has 4 rings (SSSR count). The highest BCUT2D eigenvalue weighted by Crippen LogP contribution is 2.42. The van der Waals surface area contributed by atoms with E-state index in [2.05, 4.69) is 0 Å². The third-order valence-electron chi connectivity index (χ3n) is 5.34. The molecule has 2 aromatic carbocycles. The van der Waals surface area contributed by atoms with E-state index in [1.165, 1.54) is 18.2 Å². The van der Waals surface area contributed by atoms with Crippen LogP contribution in [0.5, 0.6) is 23.0 Å². The Bertz CT molecular complexity index is 957. The fourth-order valence-corrected chi connectivity index (χ4v) is 3.66. The quantitative estimate of drug-likeness (QED) is 0.385. The SMILES string of the molecule is O=C1C[C@H](c2ccc(O)cc2)Oc2cc(O[C@@H]3O[C@@H](CO)[C@@H](O)[C@@H](O)[C@H]3O)cc(O)c21. The van der Waals surface area contributed by atoms with Crippen molar-refractivity contribution in [2.45, 2.75) is 43.2 Å². The molecule has 31 heavy (non-hydrogen) atoms. The van der Waals surface area contributed by atoms with E-state index in [1.54, 1.807) is 12.1 Å². The molecule has 0 unspecified atom stereocenters. The van der Waals surface area contributed by atoms with E-state index in [0.717, 1.165) is 6.07 Å². The van der Waals surface area contributed by atoms with Gasteiger partial charge in [0.15, 0.2) is 5.78 Å². The lowest BCUT2D eigenvalue weighted by molar-refractivity contribution is -0.277. The minimum absolute atomic E-state index is 0.0156. The van der Waals surface area contributed by atoms with E-state index in [0.29, 0.717) is 5.56 Å². The first-order chi connectivity index (χ1) is 14.8. The topological polar surface area (TPSA) is 166 Å². The number of hydrogen-bond donors (Lipinski definition) is 6. The molecule has 10 nitrogen and oxygen atoms in total. The van der Waals surface area contributed by atoms with Gasteiger partial charge in [-0.1, -0.05) is 12.1 Å². The van der Waals surface area contributed by atoms with Crippen molar-refractivity contribution in [2.75, 3.05) is 6.61 Å². The van der Waals surface area contributed by atoms with Gasteiger partial charge in [-0.05, 0) is 17.7 Å². The van der Waals surface area contributed by atoms with Crippen LogP contribution in [0.4, 0.5) is 0 Å². The molecule has 166 valence electrons. The molecule has 6 atom stereocenters. The molecule has 0 aliphatic carbocycles. The lowest BCUT2D eigenvalue weighted by atomic mass is 9.95. The minimum Gasteiger partial charge on any atom is -0.508 e. The minimum atomic E-state index is -1.64. The van der Waals surface area contributed by atoms with Gasteiger partial charge in [-0.15, -0.1) is 0 Å². The van der Waals surface area contributed by atoms with E-state index >= 15 is 0 Å². The number of fused-ring (bicyclic) bond motifs is 1. The Morgan fingerprint density at radius 3 is 2.39 bits per heavy atom. The van der Waals surface area contributed by atoms with Gasteiger partial charge in [-0.3, -0.25) is 4.79 Å². The largest absolute Gasteiger partial charge is 0.508 e. The number of ketones is 1. The number of rotatable bonds is 4. The summed E-state index contributed by atoms with van der Waals surface area (Å²) in [6, 6.07) is 8.64. The maximum Gasteiger partial charge on any atom is 0.229 e. The number of aromatic hydroxyl groups is 2. The van der Waals surface area contributed by atoms with Crippen LogP contribution in [0.25, 0.3) is 0 Å². The number of ether oxygens (including phenoxy) is 3. The van der Waals surface area contributed by atoms with Crippen LogP contribution in [0.15, 0.2) is 36.4 Å². The zero-order valence-electron chi connectivity index (χ0n) is 16.2. The van der Waals surface area contributed by atoms with Crippen LogP contribution in [0.2, 0.25) is 0 Å². The normalized spacial score (nSPS) is 30.4. The molecule has 10 heteroatoms. The van der Waals surface area contributed by atoms with Crippen molar-refractivity contribution < 1.29 is 49.6 Å². The van der Waals surface area contributed by atoms with Crippen molar-refractivity contribution >= 4 is 5.78 Å². The summed E-state index contributed by atoms with van der Waals surface area (Å²) in [7, 11) is 0. The second kappa shape index (κ2) is 8.33. The predicted molar refractivity (Wildman–Crippen MR) is 103 cm³/mol. The molecule has 0 radical (unpaired) electrons. The molecule has 1 fully saturated rings. The molecule has 2 aromatic rings. The fraction of sp³-hybridized carbons (Fsp3) is 0.381. The van der Waals surface area contributed by atoms with E-state index in [-0.39, 0.29) is 35.0 Å². The Hall–Kier alpha value is -2.89. The Kier molecular flexibility index (Phi) is 5.73. The second-order valence-corrected chi connectivity index (χ2v) is 7.46. The smallest absolute Gasteiger partial charge is 0.229 e. The molecular formula is C21H22O10. The number of carbonyl (C=O) groups is 1. The molecular weight excluding hydrogens is 412 g/mol. The summed E-state index contributed by atoms with van der Waals surface area (Å²) >= 11 is 0. The number of carbonyl (C=O) groups excluding carboxylic acids is 1. The average Bonchev–Trinajstić information content (AvgIpc) is 2.74. The van der Waals surface area contributed by atoms with Gasteiger partial charge >= 0.3 is 0 Å². The molecule has 1 saturated heterocycles. The highest BCUT2D eigenvalue weighted by molar-refractivity contribution is 6.02. The van der Waals surface area contributed by atoms with Crippen LogP contribution in [-0.2, 0) is 4.74 Å². The summed E-state index contributed by atoms with van der Waals surface area (Å²) in [5.74, 6) is -0.657. The Balaban J connectivity index is 1.59. The maximum absolute atomic E-state index is 12.6. The Labute approximate surface area is 176 Å². The van der Waals surface area contributed by atoms with E-state index in [1.807, 2.05) is 0 Å². The van der Waals surface area contributed by atoms with Crippen molar-refractivity contribution in [1.82, 2.24) is 0 Å². The Morgan fingerprint density at radius 2 is 1.71 bits per heavy atom. The summed E-state index contributed by atoms with van der Waals surface area (Å²) in [5.41, 5.74) is 0.632. The molecule has 2 aliphatic heterocycles. The van der Waals surface area contributed by atoms with Gasteiger partial charge in [-0.2, -0.15) is 0 Å². The molecule has 2 heterocycles. The van der Waals surface area contributed by atoms with Crippen LogP contribution < -0.4 is 9.47 Å². The molecule has 0 saturated carbocycles. The number of hydrogen-bond acceptors (Lipinski definition) is 10. The first-order valence-corrected chi connectivity index (χ1v) is 9.61. The third kappa shape index (κ3) is 4.03. The molecule has 0 bridgehead atoms. The number of benzene rings is 2. The zero-order chi connectivity index (χ0) is 22.3. The highest BCUT2D eigenvalue weighted by Gasteiger charge is 2.45. The highest BCUT2D eigenvalue weighted by atomic mass is 16.7. The maximum atomic E-state index is 12.6. The number of aliphatic hydroxyl groups is 4. The van der Waals surface area contributed by atoms with Gasteiger partial charge in [0.05, 0.1) is 13.0 Å². The van der Waals surface area contributed by atoms with Gasteiger partial charge in [0.1, 0.15) is 59.1 Å². The molecule has 0 amide bonds. The van der Waals surface area contributed by atoms with Crippen LogP contribution >= 0.6 is 0 Å². The van der Waals surface area contributed by atoms with Crippen molar-refractivity contribution in [3.8, 4) is 23.0 Å². The van der Waals surface area contributed by atoms with Crippen LogP contribution in [0.1, 0.15) is 28.4 Å². The molecule has 0 aromatic heterocycles. The predicted octanol–water partition coefficient (Wildman–Crippen LogP) is -0.0170. The lowest BCUT2D eigenvalue weighted by Crippen LogP contribution is -2.60. The van der Waals surface area contributed by atoms with Gasteiger partial charge < -0.3 is 44.8 Å². The van der Waals surface area contributed by atoms with Crippen LogP contribution in [0, 0.1) is 0 Å². The average molecular weight is 434 g/mol. The number of phenolic OH excluding ortho intramolecular Hbond substituents is 2. The van der Waals surface area contributed by atoms with Crippen molar-refractivity contribution in [3.63, 3.8) is 0 Å². The number of Topliss-reactive ketones (excluding diaryl/α,β-unsaturated/α-hetero) is 1. The van der Waals surface area contributed by atoms with Gasteiger partial charge in [0, 0.05) is 12.1 Å². The number of aliphatic hydroxyl groups excluding tert-OH is 4. The standard InChI is InChI=1S/C21H22O10/c22-8-16-18(26)19(27)20(28)21(31-16)29-11-5-12(24)17-13(25)7-14(30-15(17)6-11)9-1-3-10(23)4-2-9/h1-6,14,16,18-24,26-28H,7-8H2/t14-,16+,18-,19-,20-,21-/m1/s1. The van der Waals surface area contributed by atoms with E-state index in [4.69, 9.17) is 14.2 Å². The van der Waals surface area contributed by atoms with Gasteiger partial charge in [0.25, 0.3) is 0 Å². The van der Waals surface area contributed by atoms with Crippen LogP contribution in [-0.4, -0.2) is 73.7 Å². The van der Waals surface area contributed by atoms with E-state index < -0.39 is 49.2 Å². The second-order valence-electron chi connectivity index (χ2n) is 7.46. The monoisotopic (exact) mass is 434 g/mol. The Morgan fingerprint density at radius 1 is 1.00 bits per heavy atom. The lowest BCUT2D eigenvalue weighted by Gasteiger charge is -2.39. The summed E-state index contributed by atoms with van der Waals surface area (Å²) in [6.07, 6.45) is -8.09. The van der Waals surface area contributed by atoms with Crippen molar-refractivity contribution in [3.05, 3.63) is 47.5 Å². The summed E-state index contributed by atoms with van der Waals surface area (Å²) in [4.78, 5) is 12.6. The van der Waals surface area contributed by atoms with Crippen LogP contribution in [0.3, 0.4) is 0 Å². The molecule has 2 aliphatic rings. The summed E-state index contributed by atoms with van der Waals surface area (Å²) < 4.78 is 16.7. The van der Waals surface area contributed by atoms with Gasteiger partial charge in [-0.25, -0.2) is 0 Å². The van der Waals surface area contributed by atoms with Crippen molar-refractivity contribution in [2.24, 2.45) is 0 Å². The van der Waals surface area contributed by atoms with Crippen molar-refractivity contribution in [1.29, 1.82) is 0 Å². The summed E-state index contributed by atoms with van der Waals surface area (Å²) in [5, 5.41) is 59.0. The number of phenols is 2. The van der Waals surface area contributed by atoms with E-state index in [9.17, 15) is 35.4 Å². The van der Waals surface area contributed by atoms with Gasteiger partial charge in [0.2, 0.25) is 6.29 Å². The first kappa shape index (κ1) is 21.3.